The molecule has 0 amide bonds. The SMILES string of the molecule is O=CC(=O)C1CC2(CCN(CC3CC4C=CC3C4)CC2)c2ccccc21. The molecule has 0 radical (unpaired) electrons. The Morgan fingerprint density at radius 2 is 1.96 bits per heavy atom. The van der Waals surface area contributed by atoms with Crippen molar-refractivity contribution in [1.29, 1.82) is 0 Å². The van der Waals surface area contributed by atoms with E-state index in [0.29, 0.717) is 6.29 Å². The minimum Gasteiger partial charge on any atom is -0.303 e. The van der Waals surface area contributed by atoms with Crippen LogP contribution in [0.1, 0.15) is 49.1 Å². The van der Waals surface area contributed by atoms with Gasteiger partial charge in [-0.25, -0.2) is 0 Å². The standard InChI is InChI=1S/C23H27NO2/c25-15-22(26)20-13-23(21-4-2-1-3-19(20)21)7-9-24(10-8-23)14-18-12-16-5-6-17(18)11-16/h1-6,15-18,20H,7-14H2. The Hall–Kier alpha value is -1.74. The Kier molecular flexibility index (Phi) is 3.89. The van der Waals surface area contributed by atoms with Crippen molar-refractivity contribution >= 4 is 12.1 Å². The lowest BCUT2D eigenvalue weighted by molar-refractivity contribution is -0.131. The van der Waals surface area contributed by atoms with Crippen molar-refractivity contribution in [3.63, 3.8) is 0 Å². The lowest BCUT2D eigenvalue weighted by atomic mass is 9.73. The molecule has 1 spiro atoms. The second-order valence-electron chi connectivity index (χ2n) is 8.99. The number of nitrogens with zero attached hydrogens (tertiary/aromatic N) is 1. The first-order valence-corrected chi connectivity index (χ1v) is 10.2. The van der Waals surface area contributed by atoms with Gasteiger partial charge >= 0.3 is 0 Å². The lowest BCUT2D eigenvalue weighted by Crippen LogP contribution is -2.44. The molecule has 1 aliphatic heterocycles. The van der Waals surface area contributed by atoms with E-state index in [1.165, 1.54) is 24.9 Å². The Labute approximate surface area is 155 Å². The summed E-state index contributed by atoms with van der Waals surface area (Å²) in [5.74, 6) is 2.05. The van der Waals surface area contributed by atoms with Crippen LogP contribution in [0.25, 0.3) is 0 Å². The number of likely N-dealkylation sites (tertiary alicyclic amines) is 1. The van der Waals surface area contributed by atoms with E-state index in [-0.39, 0.29) is 17.1 Å². The second-order valence-corrected chi connectivity index (χ2v) is 8.99. The molecule has 0 N–H and O–H groups in total. The number of carbonyl (C=O) groups excluding carboxylic acids is 2. The van der Waals surface area contributed by atoms with Crippen LogP contribution in [-0.4, -0.2) is 36.6 Å². The van der Waals surface area contributed by atoms with E-state index in [4.69, 9.17) is 0 Å². The van der Waals surface area contributed by atoms with Crippen LogP contribution < -0.4 is 0 Å². The molecule has 4 atom stereocenters. The van der Waals surface area contributed by atoms with Crippen LogP contribution in [0, 0.1) is 17.8 Å². The summed E-state index contributed by atoms with van der Waals surface area (Å²) in [5, 5.41) is 0. The van der Waals surface area contributed by atoms with Gasteiger partial charge in [-0.05, 0) is 79.5 Å². The van der Waals surface area contributed by atoms with Gasteiger partial charge in [0.15, 0.2) is 6.29 Å². The minimum absolute atomic E-state index is 0.102. The number of carbonyl (C=O) groups is 2. The third kappa shape index (κ3) is 2.51. The first-order chi connectivity index (χ1) is 12.7. The van der Waals surface area contributed by atoms with Crippen LogP contribution >= 0.6 is 0 Å². The molecule has 3 heteroatoms. The van der Waals surface area contributed by atoms with Gasteiger partial charge in [-0.3, -0.25) is 9.59 Å². The normalized spacial score (nSPS) is 34.3. The summed E-state index contributed by atoms with van der Waals surface area (Å²) in [4.78, 5) is 26.0. The largest absolute Gasteiger partial charge is 0.303 e. The van der Waals surface area contributed by atoms with Crippen LogP contribution in [0.2, 0.25) is 0 Å². The number of hydrogen-bond acceptors (Lipinski definition) is 3. The zero-order valence-corrected chi connectivity index (χ0v) is 15.3. The van der Waals surface area contributed by atoms with Gasteiger partial charge in [0.1, 0.15) is 0 Å². The van der Waals surface area contributed by atoms with Gasteiger partial charge in [0.05, 0.1) is 5.92 Å². The smallest absolute Gasteiger partial charge is 0.202 e. The molecule has 26 heavy (non-hydrogen) atoms. The molecule has 3 aliphatic carbocycles. The molecule has 0 aromatic heterocycles. The fraction of sp³-hybridized carbons (Fsp3) is 0.565. The number of piperidine rings is 1. The minimum atomic E-state index is -0.245. The van der Waals surface area contributed by atoms with Gasteiger partial charge in [-0.15, -0.1) is 0 Å². The van der Waals surface area contributed by atoms with Crippen molar-refractivity contribution < 1.29 is 9.59 Å². The zero-order chi connectivity index (χ0) is 17.7. The van der Waals surface area contributed by atoms with Crippen molar-refractivity contribution in [3.05, 3.63) is 47.5 Å². The number of rotatable bonds is 4. The number of benzene rings is 1. The summed E-state index contributed by atoms with van der Waals surface area (Å²) >= 11 is 0. The third-order valence-corrected chi connectivity index (χ3v) is 7.68. The van der Waals surface area contributed by atoms with Crippen molar-refractivity contribution in [1.82, 2.24) is 4.90 Å². The van der Waals surface area contributed by atoms with Gasteiger partial charge in [0.25, 0.3) is 0 Å². The van der Waals surface area contributed by atoms with Crippen LogP contribution in [-0.2, 0) is 15.0 Å². The van der Waals surface area contributed by atoms with E-state index < -0.39 is 0 Å². The van der Waals surface area contributed by atoms with Crippen molar-refractivity contribution in [3.8, 4) is 0 Å². The molecule has 1 saturated carbocycles. The van der Waals surface area contributed by atoms with E-state index in [1.807, 2.05) is 6.07 Å². The third-order valence-electron chi connectivity index (χ3n) is 7.68. The molecule has 1 saturated heterocycles. The van der Waals surface area contributed by atoms with E-state index in [1.54, 1.807) is 0 Å². The first-order valence-electron chi connectivity index (χ1n) is 10.2. The molecule has 4 aliphatic rings. The molecule has 1 aromatic rings. The van der Waals surface area contributed by atoms with Gasteiger partial charge in [0, 0.05) is 6.54 Å². The Morgan fingerprint density at radius 1 is 1.15 bits per heavy atom. The highest BCUT2D eigenvalue weighted by molar-refractivity contribution is 6.28. The summed E-state index contributed by atoms with van der Waals surface area (Å²) < 4.78 is 0. The van der Waals surface area contributed by atoms with Crippen molar-refractivity contribution in [2.75, 3.05) is 19.6 Å². The molecule has 5 rings (SSSR count). The summed E-state index contributed by atoms with van der Waals surface area (Å²) in [6.07, 6.45) is 11.2. The van der Waals surface area contributed by atoms with Crippen molar-refractivity contribution in [2.45, 2.75) is 43.4 Å². The average molecular weight is 349 g/mol. The number of Topliss-reactive ketones (excluding diaryl/α,β-unsaturated/α-hetero) is 1. The van der Waals surface area contributed by atoms with E-state index in [9.17, 15) is 9.59 Å². The molecule has 2 bridgehead atoms. The summed E-state index contributed by atoms with van der Waals surface area (Å²) in [6.45, 7) is 3.47. The molecule has 1 aromatic carbocycles. The highest BCUT2D eigenvalue weighted by Gasteiger charge is 2.47. The summed E-state index contributed by atoms with van der Waals surface area (Å²) in [7, 11) is 0. The number of aldehydes is 1. The average Bonchev–Trinajstić information content (AvgIpc) is 3.37. The maximum atomic E-state index is 12.2. The fourth-order valence-corrected chi connectivity index (χ4v) is 6.30. The van der Waals surface area contributed by atoms with Crippen LogP contribution in [0.4, 0.5) is 0 Å². The fourth-order valence-electron chi connectivity index (χ4n) is 6.30. The highest BCUT2D eigenvalue weighted by Crippen LogP contribution is 2.52. The number of allylic oxidation sites excluding steroid dienone is 2. The maximum Gasteiger partial charge on any atom is 0.202 e. The molecule has 4 unspecified atom stereocenters. The van der Waals surface area contributed by atoms with Crippen LogP contribution in [0.15, 0.2) is 36.4 Å². The first kappa shape index (κ1) is 16.4. The van der Waals surface area contributed by atoms with Crippen LogP contribution in [0.3, 0.4) is 0 Å². The van der Waals surface area contributed by atoms with Crippen molar-refractivity contribution in [2.24, 2.45) is 17.8 Å². The predicted molar refractivity (Wildman–Crippen MR) is 101 cm³/mol. The van der Waals surface area contributed by atoms with E-state index >= 15 is 0 Å². The van der Waals surface area contributed by atoms with E-state index in [0.717, 1.165) is 55.7 Å². The van der Waals surface area contributed by atoms with Gasteiger partial charge in [0.2, 0.25) is 5.78 Å². The van der Waals surface area contributed by atoms with E-state index in [2.05, 4.69) is 35.3 Å². The Bertz CT molecular complexity index is 759. The monoisotopic (exact) mass is 349 g/mol. The lowest BCUT2D eigenvalue weighted by Gasteiger charge is -2.41. The number of hydrogen-bond donors (Lipinski definition) is 0. The molecule has 3 nitrogen and oxygen atoms in total. The topological polar surface area (TPSA) is 37.4 Å². The Balaban J connectivity index is 1.30. The second kappa shape index (κ2) is 6.16. The molecular formula is C23H27NO2. The summed E-state index contributed by atoms with van der Waals surface area (Å²) in [6, 6.07) is 8.34. The van der Waals surface area contributed by atoms with Gasteiger partial charge in [-0.1, -0.05) is 36.4 Å². The molecular weight excluding hydrogens is 322 g/mol. The predicted octanol–water partition coefficient (Wildman–Crippen LogP) is 3.49. The van der Waals surface area contributed by atoms with Crippen LogP contribution in [0.5, 0.6) is 0 Å². The quantitative estimate of drug-likeness (QED) is 0.474. The number of ketones is 1. The highest BCUT2D eigenvalue weighted by atomic mass is 16.2. The molecule has 136 valence electrons. The van der Waals surface area contributed by atoms with Gasteiger partial charge in [-0.2, -0.15) is 0 Å². The molecule has 1 heterocycles. The zero-order valence-electron chi connectivity index (χ0n) is 15.3. The maximum absolute atomic E-state index is 12.2. The molecule has 2 fully saturated rings. The summed E-state index contributed by atoms with van der Waals surface area (Å²) in [5.41, 5.74) is 2.55. The van der Waals surface area contributed by atoms with Gasteiger partial charge < -0.3 is 4.90 Å². The number of fused-ring (bicyclic) bond motifs is 4. The Morgan fingerprint density at radius 3 is 2.65 bits per heavy atom.